The van der Waals surface area contributed by atoms with Crippen LogP contribution in [0.4, 0.5) is 4.79 Å². The minimum atomic E-state index is -1.14. The van der Waals surface area contributed by atoms with E-state index in [4.69, 9.17) is 9.47 Å². The summed E-state index contributed by atoms with van der Waals surface area (Å²) >= 11 is 0. The number of aromatic amines is 1. The van der Waals surface area contributed by atoms with Crippen molar-refractivity contribution < 1.29 is 24.2 Å². The van der Waals surface area contributed by atoms with E-state index in [2.05, 4.69) is 16.9 Å². The molecule has 0 bridgehead atoms. The Morgan fingerprint density at radius 1 is 1.32 bits per heavy atom. The quantitative estimate of drug-likeness (QED) is 0.477. The SMILES string of the molecule is C=CCOC(=O)C[C@@H](O)[C@H](Cc1c[nH]c2ccccc12)NC(=O)OC(C)(C)C. The number of hydrogen-bond donors (Lipinski definition) is 3. The standard InChI is InChI=1S/C21H28N2O5/c1-5-10-27-19(25)12-18(24)17(23-20(26)28-21(2,3)4)11-14-13-22-16-9-7-6-8-15(14)16/h5-9,13,17-18,22,24H,1,10-12H2,2-4H3,(H,23,26)/t17-,18+/m0/s1. The molecule has 28 heavy (non-hydrogen) atoms. The first-order valence-electron chi connectivity index (χ1n) is 9.18. The highest BCUT2D eigenvalue weighted by Gasteiger charge is 2.27. The van der Waals surface area contributed by atoms with Crippen LogP contribution in [0.3, 0.4) is 0 Å². The second kappa shape index (κ2) is 9.41. The second-order valence-electron chi connectivity index (χ2n) is 7.56. The summed E-state index contributed by atoms with van der Waals surface area (Å²) in [5.41, 5.74) is 1.19. The van der Waals surface area contributed by atoms with Gasteiger partial charge in [-0.25, -0.2) is 4.79 Å². The molecule has 2 atom stereocenters. The molecule has 0 saturated heterocycles. The van der Waals surface area contributed by atoms with E-state index >= 15 is 0 Å². The molecule has 0 saturated carbocycles. The summed E-state index contributed by atoms with van der Waals surface area (Å²) in [5.74, 6) is -0.567. The fraction of sp³-hybridized carbons (Fsp3) is 0.429. The molecule has 152 valence electrons. The van der Waals surface area contributed by atoms with Crippen molar-refractivity contribution in [3.63, 3.8) is 0 Å². The van der Waals surface area contributed by atoms with Crippen molar-refractivity contribution in [2.45, 2.75) is 51.4 Å². The highest BCUT2D eigenvalue weighted by atomic mass is 16.6. The molecule has 1 heterocycles. The van der Waals surface area contributed by atoms with E-state index in [9.17, 15) is 14.7 Å². The van der Waals surface area contributed by atoms with Gasteiger partial charge in [-0.3, -0.25) is 4.79 Å². The van der Waals surface area contributed by atoms with Gasteiger partial charge < -0.3 is 24.9 Å². The van der Waals surface area contributed by atoms with Crippen molar-refractivity contribution in [3.05, 3.63) is 48.7 Å². The van der Waals surface area contributed by atoms with E-state index in [1.54, 1.807) is 20.8 Å². The van der Waals surface area contributed by atoms with Gasteiger partial charge in [0.15, 0.2) is 0 Å². The summed E-state index contributed by atoms with van der Waals surface area (Å²) in [6.07, 6.45) is 1.55. The zero-order valence-electron chi connectivity index (χ0n) is 16.5. The Kier molecular flexibility index (Phi) is 7.23. The number of fused-ring (bicyclic) bond motifs is 1. The van der Waals surface area contributed by atoms with E-state index in [1.165, 1.54) is 6.08 Å². The largest absolute Gasteiger partial charge is 0.461 e. The number of aliphatic hydroxyl groups excluding tert-OH is 1. The van der Waals surface area contributed by atoms with Gasteiger partial charge in [-0.1, -0.05) is 30.9 Å². The van der Waals surface area contributed by atoms with E-state index in [-0.39, 0.29) is 13.0 Å². The molecule has 1 aromatic carbocycles. The number of para-hydroxylation sites is 1. The number of aromatic nitrogens is 1. The Morgan fingerprint density at radius 3 is 2.71 bits per heavy atom. The molecule has 7 nitrogen and oxygen atoms in total. The van der Waals surface area contributed by atoms with Crippen LogP contribution < -0.4 is 5.32 Å². The van der Waals surface area contributed by atoms with E-state index in [0.29, 0.717) is 6.42 Å². The van der Waals surface area contributed by atoms with E-state index in [1.807, 2.05) is 30.5 Å². The van der Waals surface area contributed by atoms with Crippen LogP contribution in [0.2, 0.25) is 0 Å². The first-order chi connectivity index (χ1) is 13.2. The molecule has 0 aliphatic heterocycles. The van der Waals surface area contributed by atoms with Crippen LogP contribution >= 0.6 is 0 Å². The fourth-order valence-corrected chi connectivity index (χ4v) is 2.80. The Hall–Kier alpha value is -2.80. The van der Waals surface area contributed by atoms with Crippen LogP contribution in [-0.2, 0) is 20.7 Å². The first-order valence-corrected chi connectivity index (χ1v) is 9.18. The Balaban J connectivity index is 2.16. The molecule has 7 heteroatoms. The molecule has 2 rings (SSSR count). The van der Waals surface area contributed by atoms with Gasteiger partial charge in [0.05, 0.1) is 18.6 Å². The van der Waals surface area contributed by atoms with Crippen molar-refractivity contribution in [1.29, 1.82) is 0 Å². The summed E-state index contributed by atoms with van der Waals surface area (Å²) in [6.45, 7) is 8.81. The van der Waals surface area contributed by atoms with Crippen LogP contribution in [0.5, 0.6) is 0 Å². The molecule has 2 aromatic rings. The van der Waals surface area contributed by atoms with Gasteiger partial charge in [0, 0.05) is 17.1 Å². The summed E-state index contributed by atoms with van der Waals surface area (Å²) in [6, 6.07) is 7.00. The lowest BCUT2D eigenvalue weighted by atomic mass is 9.99. The third-order valence-corrected chi connectivity index (χ3v) is 4.02. The Bertz CT molecular complexity index is 822. The number of carbonyl (C=O) groups excluding carboxylic acids is 2. The number of H-pyrrole nitrogens is 1. The van der Waals surface area contributed by atoms with Crippen molar-refractivity contribution in [2.24, 2.45) is 0 Å². The number of nitrogens with one attached hydrogen (secondary N) is 2. The number of esters is 1. The third kappa shape index (κ3) is 6.42. The maximum atomic E-state index is 12.2. The van der Waals surface area contributed by atoms with Gasteiger partial charge >= 0.3 is 12.1 Å². The second-order valence-corrected chi connectivity index (χ2v) is 7.56. The monoisotopic (exact) mass is 388 g/mol. The van der Waals surface area contributed by atoms with Crippen molar-refractivity contribution in [3.8, 4) is 0 Å². The summed E-state index contributed by atoms with van der Waals surface area (Å²) in [4.78, 5) is 27.3. The lowest BCUT2D eigenvalue weighted by Gasteiger charge is -2.26. The molecule has 0 aliphatic carbocycles. The predicted octanol–water partition coefficient (Wildman–Crippen LogP) is 3.08. The van der Waals surface area contributed by atoms with Gasteiger partial charge in [0.2, 0.25) is 0 Å². The average Bonchev–Trinajstić information content (AvgIpc) is 3.01. The Morgan fingerprint density at radius 2 is 2.04 bits per heavy atom. The number of benzene rings is 1. The first kappa shape index (κ1) is 21.5. The van der Waals surface area contributed by atoms with E-state index < -0.39 is 29.8 Å². The maximum Gasteiger partial charge on any atom is 0.407 e. The zero-order valence-corrected chi connectivity index (χ0v) is 16.5. The molecule has 0 aliphatic rings. The number of amides is 1. The van der Waals surface area contributed by atoms with Crippen molar-refractivity contribution in [2.75, 3.05) is 6.61 Å². The number of rotatable bonds is 8. The van der Waals surface area contributed by atoms with Crippen LogP contribution in [-0.4, -0.2) is 46.5 Å². The summed E-state index contributed by atoms with van der Waals surface area (Å²) in [5, 5.41) is 14.3. The van der Waals surface area contributed by atoms with Crippen LogP contribution in [0.25, 0.3) is 10.9 Å². The molecule has 0 spiro atoms. The lowest BCUT2D eigenvalue weighted by molar-refractivity contribution is -0.145. The van der Waals surface area contributed by atoms with Gasteiger partial charge in [-0.05, 0) is 38.8 Å². The molecular formula is C21H28N2O5. The molecule has 0 unspecified atom stereocenters. The molecule has 3 N–H and O–H groups in total. The highest BCUT2D eigenvalue weighted by molar-refractivity contribution is 5.83. The number of alkyl carbamates (subject to hydrolysis) is 1. The molecule has 0 fully saturated rings. The number of carbonyl (C=O) groups is 2. The smallest absolute Gasteiger partial charge is 0.407 e. The highest BCUT2D eigenvalue weighted by Crippen LogP contribution is 2.21. The fourth-order valence-electron chi connectivity index (χ4n) is 2.80. The van der Waals surface area contributed by atoms with Crippen LogP contribution in [0.1, 0.15) is 32.8 Å². The average molecular weight is 388 g/mol. The topological polar surface area (TPSA) is 101 Å². The van der Waals surface area contributed by atoms with E-state index in [0.717, 1.165) is 16.5 Å². The minimum absolute atomic E-state index is 0.0676. The van der Waals surface area contributed by atoms with Gasteiger partial charge in [0.1, 0.15) is 12.2 Å². The number of ether oxygens (including phenoxy) is 2. The van der Waals surface area contributed by atoms with Crippen molar-refractivity contribution in [1.82, 2.24) is 10.3 Å². The van der Waals surface area contributed by atoms with Gasteiger partial charge in [0.25, 0.3) is 0 Å². The third-order valence-electron chi connectivity index (χ3n) is 4.02. The van der Waals surface area contributed by atoms with Crippen molar-refractivity contribution >= 4 is 23.0 Å². The van der Waals surface area contributed by atoms with Crippen LogP contribution in [0.15, 0.2) is 43.1 Å². The van der Waals surface area contributed by atoms with Crippen LogP contribution in [0, 0.1) is 0 Å². The lowest BCUT2D eigenvalue weighted by Crippen LogP contribution is -2.47. The predicted molar refractivity (Wildman–Crippen MR) is 107 cm³/mol. The molecular weight excluding hydrogens is 360 g/mol. The van der Waals surface area contributed by atoms with Gasteiger partial charge in [-0.15, -0.1) is 0 Å². The summed E-state index contributed by atoms with van der Waals surface area (Å²) < 4.78 is 10.2. The minimum Gasteiger partial charge on any atom is -0.461 e. The number of hydrogen-bond acceptors (Lipinski definition) is 5. The number of aliphatic hydroxyl groups is 1. The maximum absolute atomic E-state index is 12.2. The molecule has 1 amide bonds. The summed E-state index contributed by atoms with van der Waals surface area (Å²) in [7, 11) is 0. The normalized spacial score (nSPS) is 13.6. The molecule has 1 aromatic heterocycles. The Labute approximate surface area is 164 Å². The van der Waals surface area contributed by atoms with Gasteiger partial charge in [-0.2, -0.15) is 0 Å². The zero-order chi connectivity index (χ0) is 20.7. The molecule has 0 radical (unpaired) electrons.